The van der Waals surface area contributed by atoms with Gasteiger partial charge in [0.15, 0.2) is 0 Å². The number of methoxy groups -OCH3 is 1. The second-order valence-electron chi connectivity index (χ2n) is 4.78. The molecule has 1 heterocycles. The van der Waals surface area contributed by atoms with Crippen molar-refractivity contribution in [3.8, 4) is 11.4 Å². The van der Waals surface area contributed by atoms with E-state index in [1.807, 2.05) is 0 Å². The molecule has 0 aliphatic rings. The average Bonchev–Trinajstić information content (AvgIpc) is 2.96. The average molecular weight is 332 g/mol. The molecule has 2 aromatic carbocycles. The third kappa shape index (κ3) is 2.81. The summed E-state index contributed by atoms with van der Waals surface area (Å²) in [5, 5.41) is 0. The fourth-order valence-electron chi connectivity index (χ4n) is 2.27. The first-order chi connectivity index (χ1) is 10.9. The minimum Gasteiger partial charge on any atom is -0.465 e. The lowest BCUT2D eigenvalue weighted by molar-refractivity contribution is 0.0601. The van der Waals surface area contributed by atoms with E-state index in [4.69, 9.17) is 0 Å². The Balaban J connectivity index is 2.17. The van der Waals surface area contributed by atoms with Gasteiger partial charge in [-0.2, -0.15) is 8.42 Å². The Morgan fingerprint density at radius 1 is 1.22 bits per heavy atom. The van der Waals surface area contributed by atoms with Crippen LogP contribution in [0.3, 0.4) is 0 Å². The Bertz CT molecular complexity index is 1010. The molecule has 7 nitrogen and oxygen atoms in total. The van der Waals surface area contributed by atoms with Crippen LogP contribution in [0.25, 0.3) is 22.4 Å². The van der Waals surface area contributed by atoms with Gasteiger partial charge < -0.3 is 9.72 Å². The number of carbonyl (C=O) groups excluding carboxylic acids is 1. The Kier molecular flexibility index (Phi) is 3.63. The molecule has 0 spiro atoms. The Labute approximate surface area is 131 Å². The predicted molar refractivity (Wildman–Crippen MR) is 82.7 cm³/mol. The Hall–Kier alpha value is -2.71. The highest BCUT2D eigenvalue weighted by atomic mass is 32.2. The molecule has 0 radical (unpaired) electrons. The molecule has 0 saturated carbocycles. The lowest BCUT2D eigenvalue weighted by Crippen LogP contribution is -2.01. The number of nitrogens with zero attached hydrogens (tertiary/aromatic N) is 1. The van der Waals surface area contributed by atoms with Crippen molar-refractivity contribution in [2.24, 2.45) is 0 Å². The molecule has 0 bridgehead atoms. The van der Waals surface area contributed by atoms with Gasteiger partial charge in [-0.25, -0.2) is 9.78 Å². The third-order valence-electron chi connectivity index (χ3n) is 3.32. The van der Waals surface area contributed by atoms with E-state index in [0.717, 1.165) is 0 Å². The van der Waals surface area contributed by atoms with Crippen LogP contribution in [0.1, 0.15) is 10.4 Å². The van der Waals surface area contributed by atoms with Crippen LogP contribution in [-0.2, 0) is 14.9 Å². The van der Waals surface area contributed by atoms with Gasteiger partial charge in [0, 0.05) is 5.56 Å². The number of H-pyrrole nitrogens is 1. The summed E-state index contributed by atoms with van der Waals surface area (Å²) < 4.78 is 36.9. The Morgan fingerprint density at radius 2 is 1.96 bits per heavy atom. The van der Waals surface area contributed by atoms with Crippen molar-refractivity contribution >= 4 is 27.1 Å². The maximum atomic E-state index is 11.6. The number of aromatic nitrogens is 2. The molecule has 0 unspecified atom stereocenters. The van der Waals surface area contributed by atoms with Crippen molar-refractivity contribution in [2.75, 3.05) is 7.11 Å². The van der Waals surface area contributed by atoms with E-state index < -0.39 is 16.1 Å². The molecule has 0 fully saturated rings. The molecule has 1 aromatic heterocycles. The second kappa shape index (κ2) is 5.49. The number of esters is 1. The van der Waals surface area contributed by atoms with Crippen molar-refractivity contribution in [1.82, 2.24) is 9.97 Å². The van der Waals surface area contributed by atoms with Gasteiger partial charge in [-0.1, -0.05) is 12.1 Å². The summed E-state index contributed by atoms with van der Waals surface area (Å²) in [6.07, 6.45) is 0. The summed E-state index contributed by atoms with van der Waals surface area (Å²) in [4.78, 5) is 18.6. The van der Waals surface area contributed by atoms with E-state index in [-0.39, 0.29) is 16.3 Å². The molecule has 2 N–H and O–H groups in total. The molecule has 118 valence electrons. The molecular formula is C15H12N2O5S. The highest BCUT2D eigenvalue weighted by molar-refractivity contribution is 7.86. The molecular weight excluding hydrogens is 320 g/mol. The van der Waals surface area contributed by atoms with Crippen LogP contribution in [0.15, 0.2) is 47.4 Å². The number of rotatable bonds is 3. The van der Waals surface area contributed by atoms with Gasteiger partial charge in [-0.3, -0.25) is 4.55 Å². The highest BCUT2D eigenvalue weighted by Gasteiger charge is 2.18. The molecule has 0 atom stereocenters. The van der Waals surface area contributed by atoms with Crippen molar-refractivity contribution < 1.29 is 22.5 Å². The van der Waals surface area contributed by atoms with Crippen LogP contribution < -0.4 is 0 Å². The van der Waals surface area contributed by atoms with Crippen molar-refractivity contribution in [2.45, 2.75) is 4.90 Å². The second-order valence-corrected chi connectivity index (χ2v) is 6.17. The summed E-state index contributed by atoms with van der Waals surface area (Å²) in [6.45, 7) is 0. The van der Waals surface area contributed by atoms with E-state index in [1.54, 1.807) is 24.3 Å². The summed E-state index contributed by atoms with van der Waals surface area (Å²) >= 11 is 0. The fraction of sp³-hybridized carbons (Fsp3) is 0.0667. The third-order valence-corrected chi connectivity index (χ3v) is 4.23. The van der Waals surface area contributed by atoms with E-state index in [9.17, 15) is 17.8 Å². The summed E-state index contributed by atoms with van der Waals surface area (Å²) in [5.41, 5.74) is 1.69. The monoisotopic (exact) mass is 332 g/mol. The zero-order chi connectivity index (χ0) is 16.6. The standard InChI is InChI=1S/C15H12N2O5S/c1-22-15(18)9-6-7-11-12(8-9)17-14(16-11)10-4-2-3-5-13(10)23(19,20)21/h2-8H,1H3,(H,16,17)(H,19,20,21). The maximum absolute atomic E-state index is 11.6. The van der Waals surface area contributed by atoms with Crippen LogP contribution in [0.5, 0.6) is 0 Å². The van der Waals surface area contributed by atoms with E-state index in [1.165, 1.54) is 25.3 Å². The number of imidazole rings is 1. The lowest BCUT2D eigenvalue weighted by Gasteiger charge is -2.03. The van der Waals surface area contributed by atoms with Gasteiger partial charge in [-0.05, 0) is 30.3 Å². The number of aromatic amines is 1. The smallest absolute Gasteiger partial charge is 0.337 e. The predicted octanol–water partition coefficient (Wildman–Crippen LogP) is 2.26. The van der Waals surface area contributed by atoms with Crippen LogP contribution in [0, 0.1) is 0 Å². The molecule has 0 aliphatic carbocycles. The van der Waals surface area contributed by atoms with Gasteiger partial charge in [0.2, 0.25) is 0 Å². The molecule has 23 heavy (non-hydrogen) atoms. The van der Waals surface area contributed by atoms with Crippen LogP contribution in [-0.4, -0.2) is 36.0 Å². The van der Waals surface area contributed by atoms with Crippen molar-refractivity contribution in [3.63, 3.8) is 0 Å². The Morgan fingerprint density at radius 3 is 2.65 bits per heavy atom. The van der Waals surface area contributed by atoms with Gasteiger partial charge in [-0.15, -0.1) is 0 Å². The van der Waals surface area contributed by atoms with Crippen molar-refractivity contribution in [1.29, 1.82) is 0 Å². The van der Waals surface area contributed by atoms with Gasteiger partial charge in [0.05, 0.1) is 23.7 Å². The number of hydrogen-bond donors (Lipinski definition) is 2. The molecule has 0 aliphatic heterocycles. The summed E-state index contributed by atoms with van der Waals surface area (Å²) in [6, 6.07) is 10.7. The molecule has 0 saturated heterocycles. The SMILES string of the molecule is COC(=O)c1ccc2nc(-c3ccccc3S(=O)(=O)O)[nH]c2c1. The quantitative estimate of drug-likeness (QED) is 0.562. The minimum absolute atomic E-state index is 0.241. The van der Waals surface area contributed by atoms with E-state index >= 15 is 0 Å². The normalized spacial score (nSPS) is 11.6. The molecule has 8 heteroatoms. The first-order valence-corrected chi connectivity index (χ1v) is 7.99. The lowest BCUT2D eigenvalue weighted by atomic mass is 10.2. The number of ether oxygens (including phenoxy) is 1. The number of fused-ring (bicyclic) bond motifs is 1. The zero-order valence-electron chi connectivity index (χ0n) is 12.0. The molecule has 0 amide bonds. The van der Waals surface area contributed by atoms with Crippen molar-refractivity contribution in [3.05, 3.63) is 48.0 Å². The van der Waals surface area contributed by atoms with Crippen LogP contribution in [0.4, 0.5) is 0 Å². The number of nitrogens with one attached hydrogen (secondary N) is 1. The molecule has 3 rings (SSSR count). The topological polar surface area (TPSA) is 109 Å². The van der Waals surface area contributed by atoms with Crippen LogP contribution >= 0.6 is 0 Å². The number of carbonyl (C=O) groups is 1. The minimum atomic E-state index is -4.38. The molecule has 3 aromatic rings. The summed E-state index contributed by atoms with van der Waals surface area (Å²) in [7, 11) is -3.09. The highest BCUT2D eigenvalue weighted by Crippen LogP contribution is 2.27. The first-order valence-electron chi connectivity index (χ1n) is 6.55. The number of benzene rings is 2. The van der Waals surface area contributed by atoms with Gasteiger partial charge in [0.25, 0.3) is 10.1 Å². The first kappa shape index (κ1) is 15.2. The van der Waals surface area contributed by atoms with E-state index in [2.05, 4.69) is 14.7 Å². The largest absolute Gasteiger partial charge is 0.465 e. The zero-order valence-corrected chi connectivity index (χ0v) is 12.8. The van der Waals surface area contributed by atoms with E-state index in [0.29, 0.717) is 16.6 Å². The summed E-state index contributed by atoms with van der Waals surface area (Å²) in [5.74, 6) is -0.211. The van der Waals surface area contributed by atoms with Gasteiger partial charge >= 0.3 is 5.97 Å². The fourth-order valence-corrected chi connectivity index (χ4v) is 2.96. The number of hydrogen-bond acceptors (Lipinski definition) is 5. The maximum Gasteiger partial charge on any atom is 0.337 e. The van der Waals surface area contributed by atoms with Crippen LogP contribution in [0.2, 0.25) is 0 Å². The van der Waals surface area contributed by atoms with Gasteiger partial charge in [0.1, 0.15) is 10.7 Å².